The molecule has 0 unspecified atom stereocenters. The van der Waals surface area contributed by atoms with Gasteiger partial charge in [-0.2, -0.15) is 0 Å². The highest BCUT2D eigenvalue weighted by atomic mass is 16.5. The van der Waals surface area contributed by atoms with Crippen LogP contribution in [0.5, 0.6) is 23.0 Å². The zero-order valence-electron chi connectivity index (χ0n) is 59.3. The van der Waals surface area contributed by atoms with Crippen LogP contribution in [0.4, 0.5) is 0 Å². The zero-order chi connectivity index (χ0) is 66.2. The van der Waals surface area contributed by atoms with Gasteiger partial charge in [0.25, 0.3) is 0 Å². The molecule has 0 radical (unpaired) electrons. The number of rotatable bonds is 28. The van der Waals surface area contributed by atoms with E-state index in [1.165, 1.54) is 220 Å². The highest BCUT2D eigenvalue weighted by Crippen LogP contribution is 2.62. The molecule has 4 heteroatoms. The van der Waals surface area contributed by atoms with Crippen LogP contribution in [0.25, 0.3) is 120 Å². The van der Waals surface area contributed by atoms with Crippen molar-refractivity contribution in [2.45, 2.75) is 202 Å². The van der Waals surface area contributed by atoms with Crippen molar-refractivity contribution in [2.75, 3.05) is 26.4 Å². The van der Waals surface area contributed by atoms with Gasteiger partial charge in [-0.1, -0.05) is 233 Å². The van der Waals surface area contributed by atoms with Crippen LogP contribution in [0.15, 0.2) is 158 Å². The Hall–Kier alpha value is -8.08. The average molecular weight is 1260 g/mol. The molecule has 0 aliphatic heterocycles. The van der Waals surface area contributed by atoms with Crippen molar-refractivity contribution in [1.82, 2.24) is 0 Å². The van der Waals surface area contributed by atoms with Gasteiger partial charge in [0, 0.05) is 5.41 Å². The summed E-state index contributed by atoms with van der Waals surface area (Å²) < 4.78 is 25.9. The Labute approximate surface area is 567 Å². The standard InChI is InChI=1S/C91H102O4/c1-13-17-21-25-45-92-69-37-29-59(30-38-69)73-53-63-49-67(89(5,6)7)51-65-55-75(61-33-41-71(42-34-61)94-47-27-23-19-15-3)85-83(81(63)65)77(73)57-79-80-58-78-74(60-31-39-70(40-32-60)93-46-26-22-18-14-2)54-64-50-68(90(8,9)10)52-66-56-76(62-35-43-72(44-36-62)95-48-28-24-20-16-4)86(84(78)82(64)66)88(80)91(11,12)87(79)85/h29-44,49-58H,13-28,45-48H2,1-12H3. The van der Waals surface area contributed by atoms with Gasteiger partial charge in [-0.3, -0.25) is 0 Å². The summed E-state index contributed by atoms with van der Waals surface area (Å²) in [6, 6.07) is 61.6. The van der Waals surface area contributed by atoms with Gasteiger partial charge in [-0.25, -0.2) is 0 Å². The molecular formula is C91H102O4. The molecule has 4 nitrogen and oxygen atoms in total. The Kier molecular flexibility index (Phi) is 19.0. The molecular weight excluding hydrogens is 1160 g/mol. The fourth-order valence-corrected chi connectivity index (χ4v) is 15.6. The summed E-state index contributed by atoms with van der Waals surface area (Å²) in [7, 11) is 0. The van der Waals surface area contributed by atoms with Crippen molar-refractivity contribution in [3.8, 4) is 78.6 Å². The summed E-state index contributed by atoms with van der Waals surface area (Å²) in [5.74, 6) is 3.68. The SMILES string of the molecule is CCCCCCOc1ccc(-c2cc3cc(C(C)(C)C)cc4cc(-c5ccc(OCCCCCC)cc5)c5c6c(cc2c5c34)-c2cc3c(-c4ccc(OCCCCCC)cc4)cc4cc(C(C)(C)C)cc5cc(-c7ccc(OCCCCCC)cc7)c(c2C6(C)C)c3c45)cc1. The number of ether oxygens (including phenoxy) is 4. The van der Waals surface area contributed by atoms with E-state index in [0.29, 0.717) is 0 Å². The highest BCUT2D eigenvalue weighted by molar-refractivity contribution is 6.35. The van der Waals surface area contributed by atoms with Gasteiger partial charge in [-0.15, -0.1) is 0 Å². The van der Waals surface area contributed by atoms with Crippen LogP contribution in [0.2, 0.25) is 0 Å². The lowest BCUT2D eigenvalue weighted by Crippen LogP contribution is -2.17. The van der Waals surface area contributed by atoms with E-state index in [1.807, 2.05) is 0 Å². The lowest BCUT2D eigenvalue weighted by atomic mass is 9.73. The Bertz CT molecular complexity index is 4310. The molecule has 0 amide bonds. The first-order chi connectivity index (χ1) is 46.0. The van der Waals surface area contributed by atoms with Crippen LogP contribution in [-0.2, 0) is 16.2 Å². The quantitative estimate of drug-likeness (QED) is 0.0362. The lowest BCUT2D eigenvalue weighted by molar-refractivity contribution is 0.305. The molecule has 490 valence electrons. The van der Waals surface area contributed by atoms with Gasteiger partial charge in [0.2, 0.25) is 0 Å². The topological polar surface area (TPSA) is 36.9 Å². The minimum absolute atomic E-state index is 0.0843. The van der Waals surface area contributed by atoms with Gasteiger partial charge in [-0.05, 0) is 264 Å². The average Bonchev–Trinajstić information content (AvgIpc) is 1.58. The molecule has 0 atom stereocenters. The van der Waals surface area contributed by atoms with E-state index in [1.54, 1.807) is 0 Å². The fraction of sp³-hybridized carbons (Fsp3) is 0.385. The van der Waals surface area contributed by atoms with E-state index < -0.39 is 5.41 Å². The normalized spacial score (nSPS) is 13.1. The van der Waals surface area contributed by atoms with Crippen molar-refractivity contribution < 1.29 is 18.9 Å². The minimum atomic E-state index is -0.498. The maximum atomic E-state index is 6.50. The van der Waals surface area contributed by atoms with Crippen LogP contribution in [-0.4, -0.2) is 26.4 Å². The Morgan fingerprint density at radius 1 is 0.274 bits per heavy atom. The van der Waals surface area contributed by atoms with Crippen LogP contribution < -0.4 is 18.9 Å². The maximum absolute atomic E-state index is 6.50. The predicted molar refractivity (Wildman–Crippen MR) is 409 cm³/mol. The Morgan fingerprint density at radius 2 is 0.537 bits per heavy atom. The summed E-state index contributed by atoms with van der Waals surface area (Å²) in [5, 5.41) is 15.6. The fourth-order valence-electron chi connectivity index (χ4n) is 15.6. The molecule has 0 spiro atoms. The van der Waals surface area contributed by atoms with Gasteiger partial charge in [0.05, 0.1) is 26.4 Å². The van der Waals surface area contributed by atoms with E-state index >= 15 is 0 Å². The molecule has 0 bridgehead atoms. The molecule has 13 rings (SSSR count). The van der Waals surface area contributed by atoms with Gasteiger partial charge in [0.1, 0.15) is 23.0 Å². The van der Waals surface area contributed by atoms with Crippen molar-refractivity contribution in [3.63, 3.8) is 0 Å². The van der Waals surface area contributed by atoms with E-state index in [-0.39, 0.29) is 10.8 Å². The van der Waals surface area contributed by atoms with E-state index in [9.17, 15) is 0 Å². The first-order valence-electron chi connectivity index (χ1n) is 36.6. The van der Waals surface area contributed by atoms with Crippen LogP contribution in [0, 0.1) is 0 Å². The van der Waals surface area contributed by atoms with Crippen LogP contribution >= 0.6 is 0 Å². The molecule has 0 heterocycles. The monoisotopic (exact) mass is 1260 g/mol. The largest absolute Gasteiger partial charge is 0.494 e. The first-order valence-corrected chi connectivity index (χ1v) is 36.6. The number of unbranched alkanes of at least 4 members (excludes halogenated alkanes) is 12. The summed E-state index contributed by atoms with van der Waals surface area (Å²) >= 11 is 0. The lowest BCUT2D eigenvalue weighted by Gasteiger charge is -2.30. The molecule has 1 aliphatic carbocycles. The third-order valence-corrected chi connectivity index (χ3v) is 20.9. The molecule has 0 aromatic heterocycles. The summed E-state index contributed by atoms with van der Waals surface area (Å²) in [5.41, 5.74) is 17.1. The van der Waals surface area contributed by atoms with E-state index in [2.05, 4.69) is 241 Å². The third kappa shape index (κ3) is 13.0. The van der Waals surface area contributed by atoms with E-state index in [4.69, 9.17) is 18.9 Å². The number of fused-ring (bicyclic) bond motifs is 5. The summed E-state index contributed by atoms with van der Waals surface area (Å²) in [6.07, 6.45) is 18.7. The molecule has 95 heavy (non-hydrogen) atoms. The highest BCUT2D eigenvalue weighted by Gasteiger charge is 2.42. The minimum Gasteiger partial charge on any atom is -0.494 e. The van der Waals surface area contributed by atoms with E-state index in [0.717, 1.165) is 75.1 Å². The van der Waals surface area contributed by atoms with Crippen molar-refractivity contribution in [3.05, 3.63) is 180 Å². The molecule has 0 fully saturated rings. The van der Waals surface area contributed by atoms with Crippen molar-refractivity contribution in [2.24, 2.45) is 0 Å². The number of benzene rings is 12. The van der Waals surface area contributed by atoms with Crippen molar-refractivity contribution >= 4 is 64.6 Å². The summed E-state index contributed by atoms with van der Waals surface area (Å²) in [6.45, 7) is 31.2. The number of hydrogen-bond acceptors (Lipinski definition) is 4. The molecule has 0 N–H and O–H groups in total. The first kappa shape index (κ1) is 65.6. The number of hydrogen-bond donors (Lipinski definition) is 0. The van der Waals surface area contributed by atoms with Gasteiger partial charge in [0.15, 0.2) is 0 Å². The maximum Gasteiger partial charge on any atom is 0.119 e. The third-order valence-electron chi connectivity index (χ3n) is 20.9. The molecule has 12 aromatic rings. The molecule has 1 aliphatic rings. The van der Waals surface area contributed by atoms with Crippen LogP contribution in [0.1, 0.15) is 208 Å². The predicted octanol–water partition coefficient (Wildman–Crippen LogP) is 26.9. The van der Waals surface area contributed by atoms with Crippen LogP contribution in [0.3, 0.4) is 0 Å². The second kappa shape index (κ2) is 27.6. The molecule has 0 saturated carbocycles. The Morgan fingerprint density at radius 3 is 0.800 bits per heavy atom. The Balaban J connectivity index is 1.12. The second-order valence-electron chi connectivity index (χ2n) is 30.3. The zero-order valence-corrected chi connectivity index (χ0v) is 59.3. The smallest absolute Gasteiger partial charge is 0.119 e. The summed E-state index contributed by atoms with van der Waals surface area (Å²) in [4.78, 5) is 0. The van der Waals surface area contributed by atoms with Gasteiger partial charge < -0.3 is 18.9 Å². The van der Waals surface area contributed by atoms with Crippen molar-refractivity contribution in [1.29, 1.82) is 0 Å². The molecule has 12 aromatic carbocycles. The molecule has 0 saturated heterocycles. The van der Waals surface area contributed by atoms with Gasteiger partial charge >= 0.3 is 0 Å². The second-order valence-corrected chi connectivity index (χ2v) is 30.3.